The van der Waals surface area contributed by atoms with Gasteiger partial charge in [-0.05, 0) is 118 Å². The molecule has 4 heterocycles. The summed E-state index contributed by atoms with van der Waals surface area (Å²) in [5, 5.41) is 5.38. The molecule has 320 valence electrons. The van der Waals surface area contributed by atoms with Gasteiger partial charge in [0.05, 0.1) is 24.3 Å². The fourth-order valence-corrected chi connectivity index (χ4v) is 8.63. The van der Waals surface area contributed by atoms with E-state index in [0.29, 0.717) is 74.6 Å². The maximum absolute atomic E-state index is 14.0. The predicted molar refractivity (Wildman–Crippen MR) is 231 cm³/mol. The molecule has 14 heteroatoms. The summed E-state index contributed by atoms with van der Waals surface area (Å²) >= 11 is 0. The molecule has 3 aliphatic heterocycles. The Kier molecular flexibility index (Phi) is 13.4. The molecule has 4 amide bonds. The number of carbonyl (C=O) groups excluding carboxylic acids is 5. The maximum atomic E-state index is 14.0. The van der Waals surface area contributed by atoms with E-state index in [0.717, 1.165) is 57.9 Å². The molecule has 3 aromatic carbocycles. The molecule has 1 aromatic heterocycles. The van der Waals surface area contributed by atoms with Crippen molar-refractivity contribution in [2.45, 2.75) is 78.3 Å². The highest BCUT2D eigenvalue weighted by Crippen LogP contribution is 2.36. The van der Waals surface area contributed by atoms with E-state index < -0.39 is 29.7 Å². The second-order valence-electron chi connectivity index (χ2n) is 15.8. The summed E-state index contributed by atoms with van der Waals surface area (Å²) in [4.78, 5) is 83.5. The predicted octanol–water partition coefficient (Wildman–Crippen LogP) is 5.70. The number of imide groups is 2. The van der Waals surface area contributed by atoms with Crippen LogP contribution in [0.25, 0.3) is 11.1 Å². The summed E-state index contributed by atoms with van der Waals surface area (Å²) in [5.41, 5.74) is 7.49. The number of ether oxygens (including phenoxy) is 3. The van der Waals surface area contributed by atoms with E-state index in [1.165, 1.54) is 0 Å². The first-order chi connectivity index (χ1) is 29.4. The van der Waals surface area contributed by atoms with Gasteiger partial charge in [0.1, 0.15) is 18.4 Å². The van der Waals surface area contributed by atoms with Gasteiger partial charge in [-0.15, -0.1) is 0 Å². The van der Waals surface area contributed by atoms with Crippen LogP contribution in [-0.4, -0.2) is 97.5 Å². The molecule has 4 aromatic rings. The summed E-state index contributed by atoms with van der Waals surface area (Å²) in [6.45, 7) is 11.4. The maximum Gasteiger partial charge on any atom is 0.264 e. The van der Waals surface area contributed by atoms with E-state index in [-0.39, 0.29) is 41.7 Å². The third-order valence-corrected chi connectivity index (χ3v) is 11.8. The number of ketones is 1. The van der Waals surface area contributed by atoms with Crippen molar-refractivity contribution >= 4 is 40.8 Å². The van der Waals surface area contributed by atoms with Crippen LogP contribution in [0, 0.1) is 20.8 Å². The highest BCUT2D eigenvalue weighted by Gasteiger charge is 2.45. The second-order valence-corrected chi connectivity index (χ2v) is 15.8. The second kappa shape index (κ2) is 19.1. The van der Waals surface area contributed by atoms with E-state index in [2.05, 4.69) is 33.5 Å². The lowest BCUT2D eigenvalue weighted by molar-refractivity contribution is -0.136. The molecule has 2 saturated heterocycles. The summed E-state index contributed by atoms with van der Waals surface area (Å²) < 4.78 is 17.4. The SMILES string of the molecule is CCN(c1cc(-c2ccc(OCCOCCNc3cccc4c3C(=O)N(C3CCC(=O)NC3=O)C4=O)cc2)cc(C(=O)CCc2c(C)cc(C)[nH]c2=O)c1C)C1CCOCC1. The van der Waals surface area contributed by atoms with Crippen molar-refractivity contribution in [3.05, 3.63) is 110 Å². The average Bonchev–Trinajstić information content (AvgIpc) is 3.50. The van der Waals surface area contributed by atoms with E-state index in [4.69, 9.17) is 14.2 Å². The number of pyridine rings is 1. The zero-order valence-corrected chi connectivity index (χ0v) is 35.2. The molecule has 14 nitrogen and oxygen atoms in total. The van der Waals surface area contributed by atoms with Gasteiger partial charge >= 0.3 is 0 Å². The minimum absolute atomic E-state index is 0.00847. The van der Waals surface area contributed by atoms with Crippen LogP contribution in [-0.2, 0) is 25.5 Å². The van der Waals surface area contributed by atoms with Crippen molar-refractivity contribution in [3.63, 3.8) is 0 Å². The molecule has 0 bridgehead atoms. The summed E-state index contributed by atoms with van der Waals surface area (Å²) in [6.07, 6.45) is 2.53. The molecule has 3 aliphatic rings. The molecule has 0 aliphatic carbocycles. The fourth-order valence-electron chi connectivity index (χ4n) is 8.63. The number of piperidine rings is 1. The molecule has 0 spiro atoms. The quantitative estimate of drug-likeness (QED) is 0.0677. The van der Waals surface area contributed by atoms with Crippen LogP contribution in [0.15, 0.2) is 65.5 Å². The standard InChI is InChI=1S/C47H53N5O9/c1-5-51(33-17-20-59-21-18-33)40-27-32(26-37(30(40)4)41(53)15-13-35-28(2)25-29(3)49-44(35)55)31-9-11-34(12-10-31)61-24-23-60-22-19-48-38-8-6-7-36-43(38)47(58)52(46(36)57)39-14-16-42(54)50-45(39)56/h6-12,25-27,33,39,48H,5,13-24H2,1-4H3,(H,49,55)(H,50,54,56). The Morgan fingerprint density at radius 1 is 0.902 bits per heavy atom. The number of aromatic nitrogens is 1. The third-order valence-electron chi connectivity index (χ3n) is 11.8. The topological polar surface area (TPSA) is 176 Å². The molecule has 3 N–H and O–H groups in total. The minimum atomic E-state index is -1.03. The van der Waals surface area contributed by atoms with Gasteiger partial charge in [-0.2, -0.15) is 0 Å². The number of anilines is 2. The zero-order valence-electron chi connectivity index (χ0n) is 35.2. The van der Waals surface area contributed by atoms with Crippen LogP contribution < -0.4 is 25.8 Å². The Labute approximate surface area is 354 Å². The van der Waals surface area contributed by atoms with Crippen molar-refractivity contribution in [3.8, 4) is 16.9 Å². The number of nitrogens with one attached hydrogen (secondary N) is 3. The van der Waals surface area contributed by atoms with Gasteiger partial charge in [0.15, 0.2) is 5.78 Å². The van der Waals surface area contributed by atoms with Crippen LogP contribution in [0.3, 0.4) is 0 Å². The van der Waals surface area contributed by atoms with Crippen molar-refractivity contribution in [2.24, 2.45) is 0 Å². The Morgan fingerprint density at radius 2 is 1.67 bits per heavy atom. The zero-order chi connectivity index (χ0) is 43.2. The lowest BCUT2D eigenvalue weighted by atomic mass is 9.92. The first kappa shape index (κ1) is 43.0. The highest BCUT2D eigenvalue weighted by atomic mass is 16.5. The van der Waals surface area contributed by atoms with Crippen LogP contribution in [0.5, 0.6) is 5.75 Å². The van der Waals surface area contributed by atoms with E-state index in [1.54, 1.807) is 18.2 Å². The number of nitrogens with zero attached hydrogens (tertiary/aromatic N) is 2. The largest absolute Gasteiger partial charge is 0.491 e. The van der Waals surface area contributed by atoms with Gasteiger partial charge in [0.2, 0.25) is 11.8 Å². The van der Waals surface area contributed by atoms with Gasteiger partial charge in [-0.1, -0.05) is 18.2 Å². The number of carbonyl (C=O) groups is 5. The van der Waals surface area contributed by atoms with Crippen LogP contribution in [0.1, 0.15) is 92.5 Å². The highest BCUT2D eigenvalue weighted by molar-refractivity contribution is 6.25. The van der Waals surface area contributed by atoms with Gasteiger partial charge in [-0.3, -0.25) is 39.0 Å². The molecule has 1 unspecified atom stereocenters. The number of Topliss-reactive ketones (excluding diaryl/α,β-unsaturated/α-hetero) is 1. The molecule has 61 heavy (non-hydrogen) atoms. The van der Waals surface area contributed by atoms with Gasteiger partial charge in [0, 0.05) is 73.4 Å². The Morgan fingerprint density at radius 3 is 2.39 bits per heavy atom. The number of amides is 4. The molecule has 0 saturated carbocycles. The summed E-state index contributed by atoms with van der Waals surface area (Å²) in [5.74, 6) is -1.56. The monoisotopic (exact) mass is 831 g/mol. The number of hydrogen-bond donors (Lipinski definition) is 3. The Balaban J connectivity index is 0.960. The first-order valence-corrected chi connectivity index (χ1v) is 21.1. The van der Waals surface area contributed by atoms with Gasteiger partial charge in [-0.25, -0.2) is 0 Å². The molecule has 7 rings (SSSR count). The van der Waals surface area contributed by atoms with Crippen molar-refractivity contribution < 1.29 is 38.2 Å². The minimum Gasteiger partial charge on any atom is -0.491 e. The number of aryl methyl sites for hydroxylation is 2. The number of rotatable bonds is 17. The average molecular weight is 832 g/mol. The molecular weight excluding hydrogens is 779 g/mol. The van der Waals surface area contributed by atoms with Crippen molar-refractivity contribution in [2.75, 3.05) is 56.3 Å². The van der Waals surface area contributed by atoms with Gasteiger partial charge < -0.3 is 29.4 Å². The van der Waals surface area contributed by atoms with Crippen LogP contribution in [0.2, 0.25) is 0 Å². The van der Waals surface area contributed by atoms with Crippen molar-refractivity contribution in [1.29, 1.82) is 0 Å². The van der Waals surface area contributed by atoms with Crippen molar-refractivity contribution in [1.82, 2.24) is 15.2 Å². The molecule has 0 radical (unpaired) electrons. The number of fused-ring (bicyclic) bond motifs is 1. The fraction of sp³-hybridized carbons (Fsp3) is 0.404. The van der Waals surface area contributed by atoms with E-state index in [1.807, 2.05) is 57.2 Å². The summed E-state index contributed by atoms with van der Waals surface area (Å²) in [7, 11) is 0. The Hall–Kier alpha value is -6.12. The number of benzene rings is 3. The Bertz CT molecular complexity index is 2380. The number of aromatic amines is 1. The number of hydrogen-bond acceptors (Lipinski definition) is 11. The molecular formula is C47H53N5O9. The van der Waals surface area contributed by atoms with E-state index in [9.17, 15) is 28.8 Å². The van der Waals surface area contributed by atoms with E-state index >= 15 is 0 Å². The first-order valence-electron chi connectivity index (χ1n) is 21.1. The molecule has 2 fully saturated rings. The summed E-state index contributed by atoms with van der Waals surface area (Å²) in [6, 6.07) is 18.0. The number of H-pyrrole nitrogens is 1. The third kappa shape index (κ3) is 9.45. The molecule has 1 atom stereocenters. The van der Waals surface area contributed by atoms with Crippen LogP contribution >= 0.6 is 0 Å². The normalized spacial score (nSPS) is 16.7. The van der Waals surface area contributed by atoms with Gasteiger partial charge in [0.25, 0.3) is 17.4 Å². The smallest absolute Gasteiger partial charge is 0.264 e. The van der Waals surface area contributed by atoms with Crippen LogP contribution in [0.4, 0.5) is 11.4 Å². The lowest BCUT2D eigenvalue weighted by Gasteiger charge is -2.37. The lowest BCUT2D eigenvalue weighted by Crippen LogP contribution is -2.54.